The largest absolute Gasteiger partial charge is 0.445 e. The first-order chi connectivity index (χ1) is 23.2. The van der Waals surface area contributed by atoms with E-state index in [4.69, 9.17) is 47.4 Å². The van der Waals surface area contributed by atoms with E-state index in [0.717, 1.165) is 10.5 Å². The number of nitrogens with zero attached hydrogens (tertiary/aromatic N) is 1. The molecule has 0 fully saturated rings. The zero-order valence-electron chi connectivity index (χ0n) is 27.1. The molecule has 0 radical (unpaired) electrons. The number of alkyl carbamates (subject to hydrolysis) is 1. The highest BCUT2D eigenvalue weighted by atomic mass is 16.6. The lowest BCUT2D eigenvalue weighted by Crippen LogP contribution is -2.33. The molecule has 3 amide bonds. The van der Waals surface area contributed by atoms with Gasteiger partial charge in [0.15, 0.2) is 0 Å². The van der Waals surface area contributed by atoms with E-state index in [1.165, 1.54) is 12.2 Å². The van der Waals surface area contributed by atoms with Crippen molar-refractivity contribution in [2.45, 2.75) is 6.61 Å². The van der Waals surface area contributed by atoms with Gasteiger partial charge < -0.3 is 52.7 Å². The molecule has 1 aromatic carbocycles. The number of carbonyl (C=O) groups is 3. The van der Waals surface area contributed by atoms with Crippen LogP contribution in [0, 0.1) is 0 Å². The SMILES string of the molecule is O=C(NCCOCCOCCOCCOCCOCCOCCOCCOCCOCCN1C(=O)C=CC1=O)OCc1ccccc1. The van der Waals surface area contributed by atoms with E-state index in [1.807, 2.05) is 30.3 Å². The third kappa shape index (κ3) is 23.1. The predicted molar refractivity (Wildman–Crippen MR) is 168 cm³/mol. The van der Waals surface area contributed by atoms with E-state index in [2.05, 4.69) is 5.32 Å². The number of carbonyl (C=O) groups excluding carboxylic acids is 3. The van der Waals surface area contributed by atoms with Gasteiger partial charge in [0.25, 0.3) is 11.8 Å². The first kappa shape index (κ1) is 40.2. The van der Waals surface area contributed by atoms with Crippen LogP contribution in [-0.2, 0) is 63.6 Å². The maximum atomic E-state index is 11.6. The van der Waals surface area contributed by atoms with Gasteiger partial charge in [0.2, 0.25) is 0 Å². The molecule has 2 rings (SSSR count). The number of amides is 3. The van der Waals surface area contributed by atoms with Crippen LogP contribution < -0.4 is 5.32 Å². The molecule has 1 heterocycles. The molecule has 1 aliphatic rings. The van der Waals surface area contributed by atoms with E-state index < -0.39 is 6.09 Å². The summed E-state index contributed by atoms with van der Waals surface area (Å²) in [7, 11) is 0. The minimum atomic E-state index is -0.475. The van der Waals surface area contributed by atoms with Crippen molar-refractivity contribution in [2.24, 2.45) is 0 Å². The number of benzene rings is 1. The Kier molecular flexibility index (Phi) is 24.9. The summed E-state index contributed by atoms with van der Waals surface area (Å²) >= 11 is 0. The number of nitrogens with one attached hydrogen (secondary N) is 1. The summed E-state index contributed by atoms with van der Waals surface area (Å²) in [6.07, 6.45) is 2.03. The fourth-order valence-corrected chi connectivity index (χ4v) is 3.67. The van der Waals surface area contributed by atoms with E-state index in [1.54, 1.807) is 0 Å². The normalized spacial score (nSPS) is 12.7. The molecule has 0 aliphatic carbocycles. The highest BCUT2D eigenvalue weighted by molar-refractivity contribution is 6.12. The second-order valence-electron chi connectivity index (χ2n) is 9.66. The Morgan fingerprint density at radius 1 is 0.511 bits per heavy atom. The van der Waals surface area contributed by atoms with Crippen molar-refractivity contribution in [1.29, 1.82) is 0 Å². The Bertz CT molecular complexity index is 950. The Morgan fingerprint density at radius 3 is 1.28 bits per heavy atom. The van der Waals surface area contributed by atoms with Gasteiger partial charge in [-0.15, -0.1) is 0 Å². The predicted octanol–water partition coefficient (Wildman–Crippen LogP) is 0.987. The third-order valence-corrected chi connectivity index (χ3v) is 6.06. The Hall–Kier alpha value is -2.99. The zero-order chi connectivity index (χ0) is 33.5. The fraction of sp³-hybridized carbons (Fsp3) is 0.656. The summed E-state index contributed by atoms with van der Waals surface area (Å²) in [6.45, 7) is 8.67. The first-order valence-corrected chi connectivity index (χ1v) is 15.8. The molecule has 266 valence electrons. The van der Waals surface area contributed by atoms with Gasteiger partial charge in [-0.05, 0) is 5.56 Å². The average molecular weight is 671 g/mol. The van der Waals surface area contributed by atoms with E-state index in [0.29, 0.717) is 119 Å². The van der Waals surface area contributed by atoms with Crippen LogP contribution in [0.2, 0.25) is 0 Å². The third-order valence-electron chi connectivity index (χ3n) is 6.06. The van der Waals surface area contributed by atoms with Crippen molar-refractivity contribution in [1.82, 2.24) is 10.2 Å². The average Bonchev–Trinajstić information content (AvgIpc) is 3.41. The van der Waals surface area contributed by atoms with Crippen LogP contribution in [0.3, 0.4) is 0 Å². The standard InChI is InChI=1S/C32H50N2O13/c35-30-6-7-31(36)34(30)9-11-39-13-15-41-17-19-43-21-23-45-25-27-46-26-24-44-22-20-42-18-16-40-14-12-38-10-8-33-32(37)47-28-29-4-2-1-3-5-29/h1-7H,8-28H2,(H,33,37). The molecule has 1 N–H and O–H groups in total. The molecule has 47 heavy (non-hydrogen) atoms. The summed E-state index contributed by atoms with van der Waals surface area (Å²) < 4.78 is 54.0. The molecule has 15 nitrogen and oxygen atoms in total. The van der Waals surface area contributed by atoms with Gasteiger partial charge in [-0.25, -0.2) is 4.79 Å². The van der Waals surface area contributed by atoms with Gasteiger partial charge >= 0.3 is 6.09 Å². The second-order valence-corrected chi connectivity index (χ2v) is 9.66. The van der Waals surface area contributed by atoms with E-state index >= 15 is 0 Å². The molecule has 0 saturated heterocycles. The molecule has 0 saturated carbocycles. The second kappa shape index (κ2) is 29.2. The number of ether oxygens (including phenoxy) is 10. The molecular formula is C32H50N2O13. The highest BCUT2D eigenvalue weighted by Crippen LogP contribution is 2.02. The summed E-state index contributed by atoms with van der Waals surface area (Å²) in [5.74, 6) is -0.620. The monoisotopic (exact) mass is 670 g/mol. The lowest BCUT2D eigenvalue weighted by atomic mass is 10.2. The topological polar surface area (TPSA) is 159 Å². The minimum absolute atomic E-state index is 0.232. The molecule has 0 spiro atoms. The van der Waals surface area contributed by atoms with Crippen LogP contribution >= 0.6 is 0 Å². The molecule has 15 heteroatoms. The van der Waals surface area contributed by atoms with Gasteiger partial charge in [0.1, 0.15) is 6.61 Å². The van der Waals surface area contributed by atoms with Crippen LogP contribution in [0.4, 0.5) is 4.79 Å². The van der Waals surface area contributed by atoms with Crippen molar-refractivity contribution < 1.29 is 61.8 Å². The van der Waals surface area contributed by atoms with Crippen LogP contribution in [0.1, 0.15) is 5.56 Å². The summed E-state index contributed by atoms with van der Waals surface area (Å²) in [4.78, 5) is 35.6. The molecule has 1 aromatic rings. The number of hydrogen-bond acceptors (Lipinski definition) is 13. The number of imide groups is 1. The number of rotatable bonds is 32. The lowest BCUT2D eigenvalue weighted by molar-refractivity contribution is -0.137. The molecule has 0 atom stereocenters. The summed E-state index contributed by atoms with van der Waals surface area (Å²) in [6, 6.07) is 9.48. The maximum Gasteiger partial charge on any atom is 0.407 e. The Labute approximate surface area is 276 Å². The fourth-order valence-electron chi connectivity index (χ4n) is 3.67. The Morgan fingerprint density at radius 2 is 0.872 bits per heavy atom. The van der Waals surface area contributed by atoms with Gasteiger partial charge in [0.05, 0.1) is 125 Å². The smallest absolute Gasteiger partial charge is 0.407 e. The quantitative estimate of drug-likeness (QED) is 0.0855. The minimum Gasteiger partial charge on any atom is -0.445 e. The highest BCUT2D eigenvalue weighted by Gasteiger charge is 2.22. The molecule has 0 unspecified atom stereocenters. The maximum absolute atomic E-state index is 11.6. The van der Waals surface area contributed by atoms with Gasteiger partial charge in [-0.1, -0.05) is 30.3 Å². The van der Waals surface area contributed by atoms with Crippen LogP contribution in [0.25, 0.3) is 0 Å². The molecular weight excluding hydrogens is 620 g/mol. The van der Waals surface area contributed by atoms with Crippen LogP contribution in [0.5, 0.6) is 0 Å². The van der Waals surface area contributed by atoms with Crippen molar-refractivity contribution >= 4 is 17.9 Å². The van der Waals surface area contributed by atoms with Crippen molar-refractivity contribution in [2.75, 3.05) is 132 Å². The van der Waals surface area contributed by atoms with Crippen LogP contribution in [0.15, 0.2) is 42.5 Å². The molecule has 1 aliphatic heterocycles. The zero-order valence-corrected chi connectivity index (χ0v) is 27.1. The first-order valence-electron chi connectivity index (χ1n) is 15.8. The van der Waals surface area contributed by atoms with Crippen molar-refractivity contribution in [3.8, 4) is 0 Å². The van der Waals surface area contributed by atoms with Gasteiger partial charge in [0, 0.05) is 18.7 Å². The van der Waals surface area contributed by atoms with Gasteiger partial charge in [-0.3, -0.25) is 14.5 Å². The van der Waals surface area contributed by atoms with Crippen molar-refractivity contribution in [3.05, 3.63) is 48.0 Å². The van der Waals surface area contributed by atoms with Gasteiger partial charge in [-0.2, -0.15) is 0 Å². The lowest BCUT2D eigenvalue weighted by Gasteiger charge is -2.13. The number of hydrogen-bond donors (Lipinski definition) is 1. The van der Waals surface area contributed by atoms with Crippen LogP contribution in [-0.4, -0.2) is 155 Å². The summed E-state index contributed by atoms with van der Waals surface area (Å²) in [5.41, 5.74) is 0.932. The van der Waals surface area contributed by atoms with E-state index in [-0.39, 0.29) is 31.6 Å². The molecule has 0 aromatic heterocycles. The van der Waals surface area contributed by atoms with E-state index in [9.17, 15) is 14.4 Å². The summed E-state index contributed by atoms with van der Waals surface area (Å²) in [5, 5.41) is 2.64. The Balaban J connectivity index is 1.16. The van der Waals surface area contributed by atoms with Crippen molar-refractivity contribution in [3.63, 3.8) is 0 Å². The molecule has 0 bridgehead atoms.